The molecule has 0 aliphatic carbocycles. The predicted molar refractivity (Wildman–Crippen MR) is 78.9 cm³/mol. The fourth-order valence-corrected chi connectivity index (χ4v) is 1.94. The van der Waals surface area contributed by atoms with Crippen molar-refractivity contribution in [2.75, 3.05) is 5.43 Å². The Kier molecular flexibility index (Phi) is 3.16. The number of anilines is 1. The lowest BCUT2D eigenvalue weighted by molar-refractivity contribution is 0.567. The monoisotopic (exact) mass is 266 g/mol. The van der Waals surface area contributed by atoms with Gasteiger partial charge in [-0.1, -0.05) is 30.3 Å². The van der Waals surface area contributed by atoms with Gasteiger partial charge in [-0.2, -0.15) is 10.1 Å². The Morgan fingerprint density at radius 1 is 1.15 bits per heavy atom. The Morgan fingerprint density at radius 2 is 1.95 bits per heavy atom. The highest BCUT2D eigenvalue weighted by Crippen LogP contribution is 2.20. The number of aromatic nitrogens is 2. The summed E-state index contributed by atoms with van der Waals surface area (Å²) in [4.78, 5) is 8.64. The van der Waals surface area contributed by atoms with Crippen LogP contribution in [0, 0.1) is 13.8 Å². The number of nitrogens with one attached hydrogen (secondary N) is 1. The zero-order valence-electron chi connectivity index (χ0n) is 11.3. The second kappa shape index (κ2) is 5.13. The van der Waals surface area contributed by atoms with Gasteiger partial charge >= 0.3 is 0 Å². The van der Waals surface area contributed by atoms with Crippen LogP contribution in [0.5, 0.6) is 0 Å². The second-order valence-electron chi connectivity index (χ2n) is 4.49. The summed E-state index contributed by atoms with van der Waals surface area (Å²) in [6.45, 7) is 3.81. The van der Waals surface area contributed by atoms with Gasteiger partial charge in [-0.3, -0.25) is 0 Å². The molecule has 0 bridgehead atoms. The van der Waals surface area contributed by atoms with Gasteiger partial charge in [0, 0.05) is 0 Å². The van der Waals surface area contributed by atoms with Crippen LogP contribution in [-0.2, 0) is 0 Å². The molecule has 0 saturated carbocycles. The molecule has 0 unspecified atom stereocenters. The number of furan rings is 1. The first-order chi connectivity index (χ1) is 9.72. The highest BCUT2D eigenvalue weighted by Gasteiger charge is 2.08. The van der Waals surface area contributed by atoms with Crippen molar-refractivity contribution in [3.63, 3.8) is 0 Å². The van der Waals surface area contributed by atoms with Crippen molar-refractivity contribution in [2.45, 2.75) is 13.8 Å². The third kappa shape index (κ3) is 2.51. The van der Waals surface area contributed by atoms with E-state index in [1.807, 2.05) is 50.2 Å². The number of benzene rings is 1. The summed E-state index contributed by atoms with van der Waals surface area (Å²) in [7, 11) is 0. The molecule has 0 radical (unpaired) electrons. The van der Waals surface area contributed by atoms with Gasteiger partial charge in [0.1, 0.15) is 5.76 Å². The molecule has 0 saturated heterocycles. The van der Waals surface area contributed by atoms with Gasteiger partial charge in [0.2, 0.25) is 11.7 Å². The van der Waals surface area contributed by atoms with E-state index in [-0.39, 0.29) is 0 Å². The van der Waals surface area contributed by atoms with Gasteiger partial charge in [0.05, 0.1) is 17.3 Å². The SMILES string of the molecule is Cc1cc2c(C)nc(N/N=C\c3ccccc3)nc2o1. The third-order valence-corrected chi connectivity index (χ3v) is 2.88. The minimum absolute atomic E-state index is 0.427. The molecule has 5 heteroatoms. The fourth-order valence-electron chi connectivity index (χ4n) is 1.94. The maximum atomic E-state index is 5.51. The Hall–Kier alpha value is -2.69. The molecular weight excluding hydrogens is 252 g/mol. The van der Waals surface area contributed by atoms with E-state index >= 15 is 0 Å². The fraction of sp³-hybridized carbons (Fsp3) is 0.133. The Balaban J connectivity index is 1.82. The van der Waals surface area contributed by atoms with Crippen molar-refractivity contribution >= 4 is 23.3 Å². The number of aryl methyl sites for hydroxylation is 2. The number of rotatable bonds is 3. The highest BCUT2D eigenvalue weighted by atomic mass is 16.3. The molecule has 3 rings (SSSR count). The number of hydrogen-bond acceptors (Lipinski definition) is 5. The quantitative estimate of drug-likeness (QED) is 0.583. The van der Waals surface area contributed by atoms with E-state index in [0.717, 1.165) is 22.4 Å². The van der Waals surface area contributed by atoms with Crippen LogP contribution < -0.4 is 5.43 Å². The Labute approximate surface area is 116 Å². The molecule has 1 N–H and O–H groups in total. The molecule has 5 nitrogen and oxygen atoms in total. The molecule has 0 amide bonds. The van der Waals surface area contributed by atoms with E-state index in [0.29, 0.717) is 11.7 Å². The summed E-state index contributed by atoms with van der Waals surface area (Å²) >= 11 is 0. The zero-order valence-corrected chi connectivity index (χ0v) is 11.3. The van der Waals surface area contributed by atoms with Gasteiger partial charge in [-0.15, -0.1) is 0 Å². The average Bonchev–Trinajstić information content (AvgIpc) is 2.81. The molecule has 2 heterocycles. The second-order valence-corrected chi connectivity index (χ2v) is 4.49. The molecule has 2 aromatic heterocycles. The van der Waals surface area contributed by atoms with Crippen molar-refractivity contribution in [3.8, 4) is 0 Å². The van der Waals surface area contributed by atoms with Crippen LogP contribution in [0.25, 0.3) is 11.1 Å². The van der Waals surface area contributed by atoms with Gasteiger partial charge in [0.25, 0.3) is 0 Å². The molecule has 0 spiro atoms. The Bertz CT molecular complexity index is 762. The smallest absolute Gasteiger partial charge is 0.247 e. The van der Waals surface area contributed by atoms with Gasteiger partial charge < -0.3 is 4.42 Å². The summed E-state index contributed by atoms with van der Waals surface area (Å²) in [6.07, 6.45) is 1.72. The standard InChI is InChI=1S/C15H14N4O/c1-10-8-13-11(2)17-15(18-14(13)20-10)19-16-9-12-6-4-3-5-7-12/h3-9H,1-2H3,(H,17,18,19)/b16-9-. The van der Waals surface area contributed by atoms with Crippen LogP contribution in [0.1, 0.15) is 17.0 Å². The maximum absolute atomic E-state index is 5.51. The first-order valence-corrected chi connectivity index (χ1v) is 6.31. The molecule has 20 heavy (non-hydrogen) atoms. The average molecular weight is 266 g/mol. The van der Waals surface area contributed by atoms with Gasteiger partial charge in [-0.25, -0.2) is 10.4 Å². The lowest BCUT2D eigenvalue weighted by Crippen LogP contribution is -1.98. The maximum Gasteiger partial charge on any atom is 0.247 e. The third-order valence-electron chi connectivity index (χ3n) is 2.88. The first-order valence-electron chi connectivity index (χ1n) is 6.31. The van der Waals surface area contributed by atoms with E-state index < -0.39 is 0 Å². The predicted octanol–water partition coefficient (Wildman–Crippen LogP) is 3.29. The number of hydrazone groups is 1. The van der Waals surface area contributed by atoms with Crippen LogP contribution in [-0.4, -0.2) is 16.2 Å². The summed E-state index contributed by atoms with van der Waals surface area (Å²) in [5.41, 5.74) is 5.27. The van der Waals surface area contributed by atoms with E-state index in [4.69, 9.17) is 4.42 Å². The van der Waals surface area contributed by atoms with Gasteiger partial charge in [-0.05, 0) is 25.5 Å². The molecule has 1 aromatic carbocycles. The van der Waals surface area contributed by atoms with Crippen LogP contribution in [0.2, 0.25) is 0 Å². The van der Waals surface area contributed by atoms with Crippen molar-refractivity contribution < 1.29 is 4.42 Å². The molecule has 3 aromatic rings. The summed E-state index contributed by atoms with van der Waals surface area (Å²) < 4.78 is 5.51. The normalized spacial score (nSPS) is 11.3. The Morgan fingerprint density at radius 3 is 2.75 bits per heavy atom. The lowest BCUT2D eigenvalue weighted by atomic mass is 10.2. The van der Waals surface area contributed by atoms with Crippen LogP contribution in [0.3, 0.4) is 0 Å². The summed E-state index contributed by atoms with van der Waals surface area (Å²) in [5, 5.41) is 5.06. The minimum Gasteiger partial charge on any atom is -0.443 e. The summed E-state index contributed by atoms with van der Waals surface area (Å²) in [5.74, 6) is 1.25. The highest BCUT2D eigenvalue weighted by molar-refractivity contribution is 5.80. The molecule has 0 aliphatic heterocycles. The largest absolute Gasteiger partial charge is 0.443 e. The zero-order chi connectivity index (χ0) is 13.9. The van der Waals surface area contributed by atoms with E-state index in [1.165, 1.54) is 0 Å². The lowest BCUT2D eigenvalue weighted by Gasteiger charge is -2.00. The molecule has 0 fully saturated rings. The van der Waals surface area contributed by atoms with Crippen molar-refractivity contribution in [2.24, 2.45) is 5.10 Å². The van der Waals surface area contributed by atoms with E-state index in [1.54, 1.807) is 6.21 Å². The van der Waals surface area contributed by atoms with E-state index in [9.17, 15) is 0 Å². The van der Waals surface area contributed by atoms with Crippen molar-refractivity contribution in [1.82, 2.24) is 9.97 Å². The number of hydrogen-bond donors (Lipinski definition) is 1. The molecule has 0 aliphatic rings. The van der Waals surface area contributed by atoms with Crippen LogP contribution in [0.15, 0.2) is 45.9 Å². The minimum atomic E-state index is 0.427. The first kappa shape index (κ1) is 12.3. The molecule has 100 valence electrons. The molecular formula is C15H14N4O. The summed E-state index contributed by atoms with van der Waals surface area (Å²) in [6, 6.07) is 11.7. The number of nitrogens with zero attached hydrogens (tertiary/aromatic N) is 3. The topological polar surface area (TPSA) is 63.3 Å². The van der Waals surface area contributed by atoms with Crippen molar-refractivity contribution in [1.29, 1.82) is 0 Å². The van der Waals surface area contributed by atoms with Crippen molar-refractivity contribution in [3.05, 3.63) is 53.4 Å². The van der Waals surface area contributed by atoms with Crippen LogP contribution >= 0.6 is 0 Å². The van der Waals surface area contributed by atoms with Crippen LogP contribution in [0.4, 0.5) is 5.95 Å². The molecule has 0 atom stereocenters. The number of fused-ring (bicyclic) bond motifs is 1. The van der Waals surface area contributed by atoms with Gasteiger partial charge in [0.15, 0.2) is 0 Å². The van der Waals surface area contributed by atoms with E-state index in [2.05, 4.69) is 20.5 Å².